The Morgan fingerprint density at radius 1 is 1.25 bits per heavy atom. The summed E-state index contributed by atoms with van der Waals surface area (Å²) >= 11 is 0. The zero-order valence-corrected chi connectivity index (χ0v) is 9.42. The third-order valence-electron chi connectivity index (χ3n) is 3.31. The van der Waals surface area contributed by atoms with Gasteiger partial charge in [0.2, 0.25) is 0 Å². The molecule has 0 saturated carbocycles. The van der Waals surface area contributed by atoms with Crippen molar-refractivity contribution in [3.63, 3.8) is 0 Å². The van der Waals surface area contributed by atoms with Gasteiger partial charge in [-0.2, -0.15) is 0 Å². The molecule has 0 fully saturated rings. The van der Waals surface area contributed by atoms with Crippen LogP contribution in [0.25, 0.3) is 0 Å². The summed E-state index contributed by atoms with van der Waals surface area (Å²) in [7, 11) is 0. The van der Waals surface area contributed by atoms with Crippen molar-refractivity contribution >= 4 is 0 Å². The van der Waals surface area contributed by atoms with E-state index in [1.165, 1.54) is 11.1 Å². The summed E-state index contributed by atoms with van der Waals surface area (Å²) in [6.45, 7) is 1.98. The Labute approximate surface area is 94.9 Å². The van der Waals surface area contributed by atoms with Crippen LogP contribution in [-0.2, 0) is 0 Å². The molecule has 0 spiro atoms. The number of halogens is 2. The molecule has 1 aromatic rings. The second-order valence-corrected chi connectivity index (χ2v) is 4.46. The number of hydrogen-bond acceptors (Lipinski definition) is 1. The van der Waals surface area contributed by atoms with Gasteiger partial charge in [0, 0.05) is 6.04 Å². The van der Waals surface area contributed by atoms with Gasteiger partial charge in [-0.05, 0) is 29.9 Å². The number of alkyl halides is 2. The largest absolute Gasteiger partial charge is 0.305 e. The second kappa shape index (κ2) is 4.91. The zero-order valence-electron chi connectivity index (χ0n) is 9.42. The van der Waals surface area contributed by atoms with Crippen LogP contribution in [0.15, 0.2) is 24.3 Å². The molecule has 0 saturated heterocycles. The van der Waals surface area contributed by atoms with Gasteiger partial charge in [-0.25, -0.2) is 8.78 Å². The third-order valence-corrected chi connectivity index (χ3v) is 3.31. The normalized spacial score (nSPS) is 24.5. The van der Waals surface area contributed by atoms with Crippen molar-refractivity contribution < 1.29 is 8.78 Å². The van der Waals surface area contributed by atoms with Gasteiger partial charge in [-0.15, -0.1) is 0 Å². The molecule has 1 aliphatic rings. The van der Waals surface area contributed by atoms with Gasteiger partial charge in [0.05, 0.1) is 6.54 Å². The molecule has 0 aromatic heterocycles. The fourth-order valence-corrected chi connectivity index (χ4v) is 2.45. The molecule has 0 heterocycles. The second-order valence-electron chi connectivity index (χ2n) is 4.46. The lowest BCUT2D eigenvalue weighted by atomic mass is 9.81. The number of fused-ring (bicyclic) bond motifs is 1. The molecule has 1 aliphatic carbocycles. The molecular weight excluding hydrogens is 208 g/mol. The van der Waals surface area contributed by atoms with Crippen LogP contribution >= 0.6 is 0 Å². The van der Waals surface area contributed by atoms with E-state index in [1.54, 1.807) is 0 Å². The molecule has 88 valence electrons. The molecule has 1 N–H and O–H groups in total. The van der Waals surface area contributed by atoms with E-state index < -0.39 is 6.43 Å². The smallest absolute Gasteiger partial charge is 0.250 e. The number of rotatable bonds is 3. The van der Waals surface area contributed by atoms with Crippen molar-refractivity contribution in [3.8, 4) is 0 Å². The van der Waals surface area contributed by atoms with Crippen LogP contribution in [0.5, 0.6) is 0 Å². The first-order chi connectivity index (χ1) is 7.68. The SMILES string of the molecule is CC1CCC(NCC(F)F)c2ccccc21. The van der Waals surface area contributed by atoms with Crippen molar-refractivity contribution in [1.29, 1.82) is 0 Å². The highest BCUT2D eigenvalue weighted by Crippen LogP contribution is 2.36. The molecule has 2 rings (SSSR count). The van der Waals surface area contributed by atoms with Crippen LogP contribution in [-0.4, -0.2) is 13.0 Å². The van der Waals surface area contributed by atoms with Gasteiger partial charge in [0.15, 0.2) is 0 Å². The minimum absolute atomic E-state index is 0.0985. The lowest BCUT2D eigenvalue weighted by Crippen LogP contribution is -2.29. The maximum atomic E-state index is 12.2. The molecule has 1 aromatic carbocycles. The quantitative estimate of drug-likeness (QED) is 0.830. The molecule has 16 heavy (non-hydrogen) atoms. The molecule has 0 amide bonds. The maximum Gasteiger partial charge on any atom is 0.250 e. The molecule has 2 unspecified atom stereocenters. The van der Waals surface area contributed by atoms with Crippen molar-refractivity contribution in [2.24, 2.45) is 0 Å². The molecule has 3 heteroatoms. The number of nitrogens with one attached hydrogen (secondary N) is 1. The van der Waals surface area contributed by atoms with E-state index >= 15 is 0 Å². The van der Waals surface area contributed by atoms with Gasteiger partial charge >= 0.3 is 0 Å². The van der Waals surface area contributed by atoms with E-state index in [0.717, 1.165) is 12.8 Å². The first kappa shape index (κ1) is 11.5. The lowest BCUT2D eigenvalue weighted by molar-refractivity contribution is 0.139. The molecule has 0 aliphatic heterocycles. The highest BCUT2D eigenvalue weighted by molar-refractivity contribution is 5.34. The highest BCUT2D eigenvalue weighted by Gasteiger charge is 2.24. The Morgan fingerprint density at radius 2 is 1.94 bits per heavy atom. The van der Waals surface area contributed by atoms with E-state index in [4.69, 9.17) is 0 Å². The Balaban J connectivity index is 2.15. The average Bonchev–Trinajstić information content (AvgIpc) is 2.28. The van der Waals surface area contributed by atoms with Crippen LogP contribution in [0.4, 0.5) is 8.78 Å². The molecule has 0 radical (unpaired) electrons. The molecule has 2 atom stereocenters. The van der Waals surface area contributed by atoms with E-state index in [2.05, 4.69) is 18.3 Å². The van der Waals surface area contributed by atoms with E-state index in [1.807, 2.05) is 18.2 Å². The highest BCUT2D eigenvalue weighted by atomic mass is 19.3. The van der Waals surface area contributed by atoms with E-state index in [0.29, 0.717) is 5.92 Å². The fraction of sp³-hybridized carbons (Fsp3) is 0.538. The molecule has 1 nitrogen and oxygen atoms in total. The van der Waals surface area contributed by atoms with Crippen LogP contribution < -0.4 is 5.32 Å². The van der Waals surface area contributed by atoms with Crippen LogP contribution in [0.2, 0.25) is 0 Å². The summed E-state index contributed by atoms with van der Waals surface area (Å²) in [5, 5.41) is 2.95. The summed E-state index contributed by atoms with van der Waals surface area (Å²) in [5.41, 5.74) is 2.50. The summed E-state index contributed by atoms with van der Waals surface area (Å²) in [6.07, 6.45) is -0.255. The fourth-order valence-electron chi connectivity index (χ4n) is 2.45. The Morgan fingerprint density at radius 3 is 2.62 bits per heavy atom. The van der Waals surface area contributed by atoms with E-state index in [-0.39, 0.29) is 12.6 Å². The monoisotopic (exact) mass is 225 g/mol. The lowest BCUT2D eigenvalue weighted by Gasteiger charge is -2.30. The molecule has 0 bridgehead atoms. The maximum absolute atomic E-state index is 12.2. The average molecular weight is 225 g/mol. The summed E-state index contributed by atoms with van der Waals surface area (Å²) < 4.78 is 24.4. The van der Waals surface area contributed by atoms with Gasteiger partial charge in [-0.1, -0.05) is 31.2 Å². The van der Waals surface area contributed by atoms with Gasteiger partial charge in [0.1, 0.15) is 0 Å². The molecular formula is C13H17F2N. The minimum atomic E-state index is -2.27. The van der Waals surface area contributed by atoms with Crippen molar-refractivity contribution in [3.05, 3.63) is 35.4 Å². The van der Waals surface area contributed by atoms with Crippen LogP contribution in [0, 0.1) is 0 Å². The number of benzene rings is 1. The summed E-state index contributed by atoms with van der Waals surface area (Å²) in [4.78, 5) is 0. The van der Waals surface area contributed by atoms with Gasteiger partial charge in [0.25, 0.3) is 6.43 Å². The van der Waals surface area contributed by atoms with Crippen molar-refractivity contribution in [2.75, 3.05) is 6.54 Å². The zero-order chi connectivity index (χ0) is 11.5. The Hall–Kier alpha value is -0.960. The van der Waals surface area contributed by atoms with Gasteiger partial charge in [-0.3, -0.25) is 0 Å². The number of hydrogen-bond donors (Lipinski definition) is 1. The van der Waals surface area contributed by atoms with Crippen molar-refractivity contribution in [1.82, 2.24) is 5.32 Å². The third kappa shape index (κ3) is 2.40. The first-order valence-corrected chi connectivity index (χ1v) is 5.79. The Bertz CT molecular complexity index is 352. The van der Waals surface area contributed by atoms with Crippen LogP contribution in [0.3, 0.4) is 0 Å². The van der Waals surface area contributed by atoms with Crippen molar-refractivity contribution in [2.45, 2.75) is 38.2 Å². The first-order valence-electron chi connectivity index (χ1n) is 5.79. The van der Waals surface area contributed by atoms with E-state index in [9.17, 15) is 8.78 Å². The topological polar surface area (TPSA) is 12.0 Å². The predicted molar refractivity (Wildman–Crippen MR) is 60.8 cm³/mol. The Kier molecular flexibility index (Phi) is 3.54. The van der Waals surface area contributed by atoms with Gasteiger partial charge < -0.3 is 5.32 Å². The van der Waals surface area contributed by atoms with Crippen LogP contribution in [0.1, 0.15) is 42.9 Å². The standard InChI is InChI=1S/C13H17F2N/c1-9-6-7-12(16-8-13(14)15)11-5-3-2-4-10(9)11/h2-5,9,12-13,16H,6-8H2,1H3. The minimum Gasteiger partial charge on any atom is -0.305 e. The summed E-state index contributed by atoms with van der Waals surface area (Å²) in [6, 6.07) is 8.25. The predicted octanol–water partition coefficient (Wildman–Crippen LogP) is 3.48. The summed E-state index contributed by atoms with van der Waals surface area (Å²) in [5.74, 6) is 0.542.